The average molecular weight is 464 g/mol. The molecule has 8 nitrogen and oxygen atoms in total. The van der Waals surface area contributed by atoms with Crippen LogP contribution in [0.1, 0.15) is 51.3 Å². The van der Waals surface area contributed by atoms with E-state index >= 15 is 0 Å². The van der Waals surface area contributed by atoms with Crippen LogP contribution >= 0.6 is 15.9 Å². The van der Waals surface area contributed by atoms with Crippen molar-refractivity contribution in [3.63, 3.8) is 0 Å². The lowest BCUT2D eigenvalue weighted by atomic mass is 9.78. The van der Waals surface area contributed by atoms with Crippen molar-refractivity contribution in [2.24, 2.45) is 5.92 Å². The van der Waals surface area contributed by atoms with Gasteiger partial charge in [0.25, 0.3) is 0 Å². The van der Waals surface area contributed by atoms with Crippen LogP contribution in [-0.4, -0.2) is 45.1 Å². The summed E-state index contributed by atoms with van der Waals surface area (Å²) in [4.78, 5) is 37.2. The molecule has 0 aliphatic heterocycles. The van der Waals surface area contributed by atoms with E-state index in [1.807, 2.05) is 26.0 Å². The highest BCUT2D eigenvalue weighted by atomic mass is 79.9. The molecule has 29 heavy (non-hydrogen) atoms. The molecule has 0 unspecified atom stereocenters. The molecule has 2 aromatic rings. The molecule has 1 saturated carbocycles. The first kappa shape index (κ1) is 21.3. The van der Waals surface area contributed by atoms with E-state index in [1.54, 1.807) is 12.4 Å². The van der Waals surface area contributed by atoms with Crippen molar-refractivity contribution in [2.75, 3.05) is 7.11 Å². The first-order chi connectivity index (χ1) is 13.9. The Morgan fingerprint density at radius 2 is 2.00 bits per heavy atom. The first-order valence-electron chi connectivity index (χ1n) is 9.75. The van der Waals surface area contributed by atoms with E-state index in [1.165, 1.54) is 12.1 Å². The van der Waals surface area contributed by atoms with Crippen LogP contribution < -0.4 is 5.43 Å². The molecular weight excluding hydrogens is 438 g/mol. The largest absolute Gasteiger partial charge is 0.452 e. The van der Waals surface area contributed by atoms with Crippen LogP contribution in [0.3, 0.4) is 0 Å². The fourth-order valence-electron chi connectivity index (χ4n) is 3.72. The van der Waals surface area contributed by atoms with Gasteiger partial charge in [0.1, 0.15) is 10.4 Å². The number of amides is 2. The predicted molar refractivity (Wildman–Crippen MR) is 112 cm³/mol. The van der Waals surface area contributed by atoms with Gasteiger partial charge < -0.3 is 9.72 Å². The Bertz CT molecular complexity index is 852. The van der Waals surface area contributed by atoms with Gasteiger partial charge in [-0.15, -0.1) is 0 Å². The van der Waals surface area contributed by atoms with Crippen molar-refractivity contribution < 1.29 is 14.3 Å². The molecule has 0 spiro atoms. The zero-order valence-electron chi connectivity index (χ0n) is 16.8. The van der Waals surface area contributed by atoms with Crippen molar-refractivity contribution >= 4 is 27.9 Å². The van der Waals surface area contributed by atoms with E-state index in [-0.39, 0.29) is 23.8 Å². The number of hydrogen-bond donors (Lipinski definition) is 2. The molecule has 2 N–H and O–H groups in total. The normalized spacial score (nSPS) is 19.1. The Morgan fingerprint density at radius 3 is 2.66 bits per heavy atom. The van der Waals surface area contributed by atoms with Crippen LogP contribution in [0.2, 0.25) is 0 Å². The molecule has 1 aliphatic rings. The summed E-state index contributed by atoms with van der Waals surface area (Å²) >= 11 is 3.34. The van der Waals surface area contributed by atoms with Crippen molar-refractivity contribution in [2.45, 2.75) is 51.5 Å². The smallest absolute Gasteiger partial charge is 0.425 e. The Hall–Kier alpha value is -2.42. The van der Waals surface area contributed by atoms with E-state index in [9.17, 15) is 9.59 Å². The van der Waals surface area contributed by atoms with Gasteiger partial charge in [0, 0.05) is 29.6 Å². The number of ether oxygens (including phenoxy) is 1. The quantitative estimate of drug-likeness (QED) is 0.526. The molecular formula is C20H26BrN5O3. The number of carbonyl (C=O) groups excluding carboxylic acids is 2. The number of nitrogens with zero attached hydrogens (tertiary/aromatic N) is 3. The van der Waals surface area contributed by atoms with Gasteiger partial charge in [-0.2, -0.15) is 0 Å². The summed E-state index contributed by atoms with van der Waals surface area (Å²) in [5.41, 5.74) is 4.35. The molecule has 1 aliphatic carbocycles. The Balaban J connectivity index is 1.83. The number of carbonyl (C=O) groups is 2. The second kappa shape index (κ2) is 9.39. The summed E-state index contributed by atoms with van der Waals surface area (Å²) < 4.78 is 5.44. The van der Waals surface area contributed by atoms with Crippen LogP contribution in [-0.2, 0) is 9.53 Å². The minimum Gasteiger partial charge on any atom is -0.452 e. The summed E-state index contributed by atoms with van der Waals surface area (Å²) in [5.74, 6) is 0.389. The predicted octanol–water partition coefficient (Wildman–Crippen LogP) is 4.02. The molecule has 2 amide bonds. The van der Waals surface area contributed by atoms with Gasteiger partial charge in [-0.25, -0.2) is 25.2 Å². The van der Waals surface area contributed by atoms with Gasteiger partial charge in [0.05, 0.1) is 19.0 Å². The lowest BCUT2D eigenvalue weighted by molar-refractivity contribution is -0.142. The lowest BCUT2D eigenvalue weighted by Crippen LogP contribution is -2.53. The van der Waals surface area contributed by atoms with E-state index in [0.717, 1.165) is 47.4 Å². The van der Waals surface area contributed by atoms with Gasteiger partial charge in [-0.1, -0.05) is 12.8 Å². The number of imidazole rings is 1. The zero-order chi connectivity index (χ0) is 21.0. The molecule has 3 rings (SSSR count). The summed E-state index contributed by atoms with van der Waals surface area (Å²) in [6.07, 6.45) is 6.53. The minimum absolute atomic E-state index is 0.0332. The fraction of sp³-hybridized carbons (Fsp3) is 0.500. The fourth-order valence-corrected chi connectivity index (χ4v) is 3.96. The van der Waals surface area contributed by atoms with Crippen LogP contribution in [0.5, 0.6) is 0 Å². The molecule has 156 valence electrons. The number of methoxy groups -OCH3 is 1. The number of aromatic amines is 1. The number of hydrazine groups is 1. The van der Waals surface area contributed by atoms with Gasteiger partial charge in [-0.3, -0.25) is 4.79 Å². The Labute approximate surface area is 178 Å². The van der Waals surface area contributed by atoms with Gasteiger partial charge >= 0.3 is 6.09 Å². The second-order valence-electron chi connectivity index (χ2n) is 7.45. The molecule has 2 atom stereocenters. The number of hydrogen-bond acceptors (Lipinski definition) is 5. The first-order valence-corrected chi connectivity index (χ1v) is 10.5. The van der Waals surface area contributed by atoms with Crippen LogP contribution in [0.25, 0.3) is 11.3 Å². The van der Waals surface area contributed by atoms with Gasteiger partial charge in [0.15, 0.2) is 0 Å². The Kier molecular flexibility index (Phi) is 6.89. The third kappa shape index (κ3) is 4.95. The van der Waals surface area contributed by atoms with Crippen LogP contribution in [0, 0.1) is 5.92 Å². The van der Waals surface area contributed by atoms with Crippen molar-refractivity contribution in [3.05, 3.63) is 35.0 Å². The van der Waals surface area contributed by atoms with Crippen molar-refractivity contribution in [1.82, 2.24) is 25.4 Å². The summed E-state index contributed by atoms with van der Waals surface area (Å²) in [6, 6.07) is 3.64. The molecule has 0 aromatic carbocycles. The molecule has 0 saturated heterocycles. The summed E-state index contributed by atoms with van der Waals surface area (Å²) in [5, 5.41) is 1.37. The standard InChI is InChI=1S/C20H26BrN5O3/c1-12(2)26(25-20(28)29-3)19(27)15-7-5-4-6-14(15)18-23-11-16(24-18)13-8-9-17(21)22-10-13/h8-12,14-15H,4-7H2,1-3H3,(H,23,24)(H,25,28)/t14-,15+/m0/s1. The highest BCUT2D eigenvalue weighted by Gasteiger charge is 2.37. The van der Waals surface area contributed by atoms with E-state index < -0.39 is 6.09 Å². The molecule has 1 fully saturated rings. The molecule has 0 bridgehead atoms. The number of H-pyrrole nitrogens is 1. The van der Waals surface area contributed by atoms with Gasteiger partial charge in [0.2, 0.25) is 5.91 Å². The zero-order valence-corrected chi connectivity index (χ0v) is 18.4. The monoisotopic (exact) mass is 463 g/mol. The van der Waals surface area contributed by atoms with E-state index in [0.29, 0.717) is 0 Å². The SMILES string of the molecule is COC(=O)NN(C(=O)[C@@H]1CCCC[C@@H]1c1ncc(-c2ccc(Br)nc2)[nH]1)C(C)C. The summed E-state index contributed by atoms with van der Waals surface area (Å²) in [7, 11) is 1.28. The van der Waals surface area contributed by atoms with Crippen molar-refractivity contribution in [3.8, 4) is 11.3 Å². The maximum atomic E-state index is 13.3. The Morgan fingerprint density at radius 1 is 1.24 bits per heavy atom. The van der Waals surface area contributed by atoms with E-state index in [4.69, 9.17) is 0 Å². The van der Waals surface area contributed by atoms with Crippen molar-refractivity contribution in [1.29, 1.82) is 0 Å². The molecule has 2 aromatic heterocycles. The van der Waals surface area contributed by atoms with Crippen LogP contribution in [0.15, 0.2) is 29.1 Å². The number of rotatable bonds is 4. The maximum Gasteiger partial charge on any atom is 0.425 e. The number of halogens is 1. The molecule has 2 heterocycles. The average Bonchev–Trinajstić information content (AvgIpc) is 3.21. The lowest BCUT2D eigenvalue weighted by Gasteiger charge is -2.35. The highest BCUT2D eigenvalue weighted by molar-refractivity contribution is 9.10. The minimum atomic E-state index is -0.651. The number of nitrogens with one attached hydrogen (secondary N) is 2. The van der Waals surface area contributed by atoms with Gasteiger partial charge in [-0.05, 0) is 54.8 Å². The third-order valence-electron chi connectivity index (χ3n) is 5.22. The highest BCUT2D eigenvalue weighted by Crippen LogP contribution is 2.38. The molecule has 9 heteroatoms. The summed E-state index contributed by atoms with van der Waals surface area (Å²) in [6.45, 7) is 3.72. The number of aromatic nitrogens is 3. The van der Waals surface area contributed by atoms with E-state index in [2.05, 4.69) is 41.0 Å². The third-order valence-corrected chi connectivity index (χ3v) is 5.69. The number of pyridine rings is 1. The van der Waals surface area contributed by atoms with Crippen LogP contribution in [0.4, 0.5) is 4.79 Å². The second-order valence-corrected chi connectivity index (χ2v) is 8.27. The maximum absolute atomic E-state index is 13.3. The molecule has 0 radical (unpaired) electrons. The topological polar surface area (TPSA) is 100 Å².